The Morgan fingerprint density at radius 3 is 0.861 bits per heavy atom. The standard InChI is InChI=1S/C34H40P2/c1-29(2)27-35(31-17-9-5-10-18-31,32-19-11-6-12-20-32)25-26-36(28-30(3)4,33-21-13-7-14-22-33)34-23-15-8-16-24-34/h5-24,35-36H,1,3,25-28H2,2,4H3. The van der Waals surface area contributed by atoms with E-state index < -0.39 is 14.5 Å². The van der Waals surface area contributed by atoms with Gasteiger partial charge in [0.2, 0.25) is 0 Å². The molecule has 4 aromatic carbocycles. The molecule has 0 saturated carbocycles. The van der Waals surface area contributed by atoms with Crippen molar-refractivity contribution in [3.8, 4) is 0 Å². The molecule has 0 aliphatic carbocycles. The summed E-state index contributed by atoms with van der Waals surface area (Å²) in [4.78, 5) is 0. The van der Waals surface area contributed by atoms with E-state index in [0.29, 0.717) is 0 Å². The van der Waals surface area contributed by atoms with E-state index in [0.717, 1.165) is 12.3 Å². The van der Waals surface area contributed by atoms with Crippen LogP contribution in [-0.4, -0.2) is 24.6 Å². The van der Waals surface area contributed by atoms with Crippen LogP contribution < -0.4 is 21.2 Å². The van der Waals surface area contributed by atoms with Gasteiger partial charge in [-0.25, -0.2) is 0 Å². The van der Waals surface area contributed by atoms with Crippen molar-refractivity contribution in [2.45, 2.75) is 13.8 Å². The second kappa shape index (κ2) is 12.0. The summed E-state index contributed by atoms with van der Waals surface area (Å²) in [5, 5.41) is 6.05. The molecule has 0 aliphatic heterocycles. The minimum atomic E-state index is -2.13. The van der Waals surface area contributed by atoms with Gasteiger partial charge in [0.05, 0.1) is 0 Å². The molecule has 0 heterocycles. The van der Waals surface area contributed by atoms with Gasteiger partial charge in [-0.1, -0.05) is 0 Å². The summed E-state index contributed by atoms with van der Waals surface area (Å²) in [6.45, 7) is 13.3. The molecule has 2 heteroatoms. The Morgan fingerprint density at radius 1 is 0.444 bits per heavy atom. The maximum atomic E-state index is 4.43. The SMILES string of the molecule is C=C(C)C[PH](CC[PH](CC(=C)C)(c1ccccc1)c1ccccc1)(c1ccccc1)c1ccccc1. The molecule has 0 N–H and O–H groups in total. The Labute approximate surface area is 219 Å². The molecule has 0 nitrogen and oxygen atoms in total. The summed E-state index contributed by atoms with van der Waals surface area (Å²) < 4.78 is 0. The van der Waals surface area contributed by atoms with Crippen LogP contribution in [0.25, 0.3) is 0 Å². The molecule has 0 atom stereocenters. The molecule has 0 radical (unpaired) electrons. The molecular weight excluding hydrogens is 470 g/mol. The van der Waals surface area contributed by atoms with E-state index in [-0.39, 0.29) is 0 Å². The number of hydrogen-bond donors (Lipinski definition) is 0. The van der Waals surface area contributed by atoms with Crippen LogP contribution >= 0.6 is 14.5 Å². The van der Waals surface area contributed by atoms with Gasteiger partial charge >= 0.3 is 220 Å². The van der Waals surface area contributed by atoms with E-state index in [9.17, 15) is 0 Å². The van der Waals surface area contributed by atoms with Crippen LogP contribution in [0.5, 0.6) is 0 Å². The van der Waals surface area contributed by atoms with Gasteiger partial charge in [-0.15, -0.1) is 0 Å². The molecule has 0 spiro atoms. The van der Waals surface area contributed by atoms with Crippen molar-refractivity contribution in [2.24, 2.45) is 0 Å². The molecule has 0 amide bonds. The van der Waals surface area contributed by atoms with Crippen LogP contribution in [0.4, 0.5) is 0 Å². The number of hydrogen-bond acceptors (Lipinski definition) is 0. The Balaban J connectivity index is 1.91. The third-order valence-electron chi connectivity index (χ3n) is 7.49. The number of allylic oxidation sites excluding steroid dienone is 2. The van der Waals surface area contributed by atoms with Gasteiger partial charge in [-0.2, -0.15) is 0 Å². The molecule has 4 aromatic rings. The summed E-state index contributed by atoms with van der Waals surface area (Å²) in [5.74, 6) is 0. The van der Waals surface area contributed by atoms with E-state index in [1.54, 1.807) is 0 Å². The second-order valence-electron chi connectivity index (χ2n) is 10.4. The summed E-state index contributed by atoms with van der Waals surface area (Å²) in [5.41, 5.74) is 2.56. The Bertz CT molecular complexity index is 1080. The van der Waals surface area contributed by atoms with Crippen molar-refractivity contribution in [3.63, 3.8) is 0 Å². The molecule has 0 saturated heterocycles. The molecular formula is C34H40P2. The van der Waals surface area contributed by atoms with Crippen LogP contribution in [0.15, 0.2) is 146 Å². The number of rotatable bonds is 11. The van der Waals surface area contributed by atoms with Gasteiger partial charge in [-0.3, -0.25) is 0 Å². The predicted molar refractivity (Wildman–Crippen MR) is 170 cm³/mol. The molecule has 0 aliphatic rings. The Morgan fingerprint density at radius 2 is 0.667 bits per heavy atom. The Kier molecular flexibility index (Phi) is 8.74. The van der Waals surface area contributed by atoms with E-state index >= 15 is 0 Å². The predicted octanol–water partition coefficient (Wildman–Crippen LogP) is 6.94. The fourth-order valence-corrected chi connectivity index (χ4v) is 17.8. The van der Waals surface area contributed by atoms with Gasteiger partial charge in [-0.05, 0) is 0 Å². The first-order valence-electron chi connectivity index (χ1n) is 13.0. The average Bonchev–Trinajstić information content (AvgIpc) is 2.92. The van der Waals surface area contributed by atoms with Gasteiger partial charge in [0.15, 0.2) is 0 Å². The van der Waals surface area contributed by atoms with Gasteiger partial charge in [0, 0.05) is 0 Å². The van der Waals surface area contributed by atoms with Crippen LogP contribution in [-0.2, 0) is 0 Å². The van der Waals surface area contributed by atoms with Crippen molar-refractivity contribution in [3.05, 3.63) is 146 Å². The van der Waals surface area contributed by atoms with Crippen LogP contribution in [0.3, 0.4) is 0 Å². The molecule has 4 rings (SSSR count). The van der Waals surface area contributed by atoms with Gasteiger partial charge in [0.25, 0.3) is 0 Å². The molecule has 186 valence electrons. The third-order valence-corrected chi connectivity index (χ3v) is 18.4. The zero-order valence-electron chi connectivity index (χ0n) is 21.8. The first-order chi connectivity index (χ1) is 17.5. The van der Waals surface area contributed by atoms with Crippen molar-refractivity contribution < 1.29 is 0 Å². The van der Waals surface area contributed by atoms with Crippen molar-refractivity contribution in [1.82, 2.24) is 0 Å². The van der Waals surface area contributed by atoms with E-state index in [4.69, 9.17) is 0 Å². The molecule has 0 bridgehead atoms. The van der Waals surface area contributed by atoms with Crippen LogP contribution in [0.2, 0.25) is 0 Å². The zero-order chi connectivity index (χ0) is 25.4. The quantitative estimate of drug-likeness (QED) is 0.151. The van der Waals surface area contributed by atoms with E-state index in [2.05, 4.69) is 148 Å². The molecule has 0 unspecified atom stereocenters. The fourth-order valence-electron chi connectivity index (χ4n) is 5.98. The minimum absolute atomic E-state index is 1.07. The number of benzene rings is 4. The third kappa shape index (κ3) is 5.78. The Hall–Kier alpha value is -2.78. The second-order valence-corrected chi connectivity index (χ2v) is 18.7. The summed E-state index contributed by atoms with van der Waals surface area (Å²) in [7, 11) is -4.26. The van der Waals surface area contributed by atoms with Crippen LogP contribution in [0.1, 0.15) is 13.8 Å². The molecule has 36 heavy (non-hydrogen) atoms. The zero-order valence-corrected chi connectivity index (χ0v) is 23.8. The van der Waals surface area contributed by atoms with E-state index in [1.807, 2.05) is 0 Å². The van der Waals surface area contributed by atoms with Crippen molar-refractivity contribution in [1.29, 1.82) is 0 Å². The van der Waals surface area contributed by atoms with Gasteiger partial charge in [0.1, 0.15) is 0 Å². The average molecular weight is 511 g/mol. The van der Waals surface area contributed by atoms with E-state index in [1.165, 1.54) is 44.7 Å². The summed E-state index contributed by atoms with van der Waals surface area (Å²) in [6, 6.07) is 45.2. The monoisotopic (exact) mass is 510 g/mol. The summed E-state index contributed by atoms with van der Waals surface area (Å²) in [6.07, 6.45) is 4.53. The summed E-state index contributed by atoms with van der Waals surface area (Å²) >= 11 is 0. The molecule has 0 fully saturated rings. The van der Waals surface area contributed by atoms with Crippen molar-refractivity contribution in [2.75, 3.05) is 24.6 Å². The fraction of sp³-hybridized carbons (Fsp3) is 0.176. The van der Waals surface area contributed by atoms with Crippen LogP contribution in [0, 0.1) is 0 Å². The topological polar surface area (TPSA) is 0 Å². The normalized spacial score (nSPS) is 12.6. The first kappa shape index (κ1) is 26.3. The van der Waals surface area contributed by atoms with Gasteiger partial charge < -0.3 is 0 Å². The maximum absolute atomic E-state index is 4.43. The molecule has 0 aromatic heterocycles. The first-order valence-corrected chi connectivity index (χ1v) is 17.8. The van der Waals surface area contributed by atoms with Crippen molar-refractivity contribution >= 4 is 35.7 Å².